The van der Waals surface area contributed by atoms with E-state index in [4.69, 9.17) is 9.47 Å². The van der Waals surface area contributed by atoms with Gasteiger partial charge in [-0.15, -0.1) is 0 Å². The number of nitrogens with zero attached hydrogens (tertiary/aromatic N) is 1. The molecule has 0 fully saturated rings. The van der Waals surface area contributed by atoms with Gasteiger partial charge in [-0.2, -0.15) is 0 Å². The molecular formula is C29H45IN2O6. The van der Waals surface area contributed by atoms with Crippen LogP contribution in [0.3, 0.4) is 0 Å². The van der Waals surface area contributed by atoms with Crippen LogP contribution in [-0.2, 0) is 14.3 Å². The Labute approximate surface area is 241 Å². The summed E-state index contributed by atoms with van der Waals surface area (Å²) in [7, 11) is 0. The lowest BCUT2D eigenvalue weighted by atomic mass is 9.87. The minimum absolute atomic E-state index is 0.0276. The lowest BCUT2D eigenvalue weighted by molar-refractivity contribution is -0.139. The zero-order valence-electron chi connectivity index (χ0n) is 23.0. The lowest BCUT2D eigenvalue weighted by Crippen LogP contribution is -2.55. The number of nitrogens with one attached hydrogen (secondary N) is 1. The summed E-state index contributed by atoms with van der Waals surface area (Å²) < 4.78 is 12.8. The van der Waals surface area contributed by atoms with Crippen molar-refractivity contribution in [3.8, 4) is 5.75 Å². The van der Waals surface area contributed by atoms with Crippen molar-refractivity contribution in [2.24, 2.45) is 0 Å². The van der Waals surface area contributed by atoms with Crippen LogP contribution >= 0.6 is 22.6 Å². The number of unbranched alkanes of at least 4 members (excludes halogenated alkanes) is 4. The maximum atomic E-state index is 13.5. The van der Waals surface area contributed by atoms with Gasteiger partial charge in [0.15, 0.2) is 0 Å². The van der Waals surface area contributed by atoms with Crippen molar-refractivity contribution < 1.29 is 29.3 Å². The highest BCUT2D eigenvalue weighted by Crippen LogP contribution is 2.30. The van der Waals surface area contributed by atoms with Crippen molar-refractivity contribution in [3.05, 3.63) is 39.5 Å². The van der Waals surface area contributed by atoms with E-state index in [0.29, 0.717) is 37.3 Å². The van der Waals surface area contributed by atoms with E-state index in [1.165, 1.54) is 0 Å². The van der Waals surface area contributed by atoms with E-state index in [-0.39, 0.29) is 37.5 Å². The Balaban J connectivity index is 2.28. The molecule has 38 heavy (non-hydrogen) atoms. The second kappa shape index (κ2) is 17.8. The molecule has 0 radical (unpaired) electrons. The zero-order chi connectivity index (χ0) is 27.9. The van der Waals surface area contributed by atoms with Crippen molar-refractivity contribution in [2.45, 2.75) is 96.5 Å². The molecule has 0 aromatic heterocycles. The molecule has 0 spiro atoms. The van der Waals surface area contributed by atoms with Gasteiger partial charge in [0.2, 0.25) is 11.8 Å². The van der Waals surface area contributed by atoms with E-state index < -0.39 is 18.2 Å². The van der Waals surface area contributed by atoms with Gasteiger partial charge in [-0.1, -0.05) is 44.7 Å². The fourth-order valence-corrected chi connectivity index (χ4v) is 5.03. The first-order valence-electron chi connectivity index (χ1n) is 13.9. The predicted molar refractivity (Wildman–Crippen MR) is 157 cm³/mol. The highest BCUT2D eigenvalue weighted by atomic mass is 127. The van der Waals surface area contributed by atoms with Crippen molar-refractivity contribution in [1.82, 2.24) is 10.2 Å². The average Bonchev–Trinajstić information content (AvgIpc) is 2.89. The van der Waals surface area contributed by atoms with Crippen LogP contribution in [0, 0.1) is 3.57 Å². The van der Waals surface area contributed by atoms with Gasteiger partial charge < -0.3 is 29.9 Å². The normalized spacial score (nSPS) is 19.2. The number of para-hydroxylation sites is 1. The molecule has 1 aliphatic rings. The molecule has 0 heterocycles. The maximum absolute atomic E-state index is 13.5. The van der Waals surface area contributed by atoms with Crippen LogP contribution in [0.1, 0.15) is 72.1 Å². The molecule has 3 N–H and O–H groups in total. The number of aliphatic hydroxyl groups excluding tert-OH is 2. The lowest BCUT2D eigenvalue weighted by Gasteiger charge is -2.40. The monoisotopic (exact) mass is 644 g/mol. The van der Waals surface area contributed by atoms with Crippen LogP contribution in [0.2, 0.25) is 0 Å². The SMILES string of the molecule is CCCCCCCC(=O)N(CCCOC(C)C)[C@@H]1CC(C(=O)NCCO)=C[C@H](Oc2ccccc2I)[C@H]1O. The van der Waals surface area contributed by atoms with Crippen LogP contribution in [0.15, 0.2) is 35.9 Å². The largest absolute Gasteiger partial charge is 0.482 e. The summed E-state index contributed by atoms with van der Waals surface area (Å²) in [5.74, 6) is 0.242. The van der Waals surface area contributed by atoms with Crippen LogP contribution < -0.4 is 10.1 Å². The van der Waals surface area contributed by atoms with Gasteiger partial charge in [-0.25, -0.2) is 0 Å². The molecule has 0 aliphatic heterocycles. The molecule has 2 rings (SSSR count). The first-order chi connectivity index (χ1) is 18.3. The number of amides is 2. The summed E-state index contributed by atoms with van der Waals surface area (Å²) in [4.78, 5) is 28.1. The molecule has 0 saturated carbocycles. The number of rotatable bonds is 17. The van der Waals surface area contributed by atoms with E-state index in [1.54, 1.807) is 11.0 Å². The second-order valence-corrected chi connectivity index (χ2v) is 11.1. The van der Waals surface area contributed by atoms with E-state index in [0.717, 1.165) is 35.7 Å². The van der Waals surface area contributed by atoms with Crippen LogP contribution in [0.5, 0.6) is 5.75 Å². The third-order valence-corrected chi connectivity index (χ3v) is 7.41. The molecule has 0 unspecified atom stereocenters. The van der Waals surface area contributed by atoms with Crippen LogP contribution in [-0.4, -0.2) is 77.6 Å². The fourth-order valence-electron chi connectivity index (χ4n) is 4.52. The Hall–Kier alpha value is -1.69. The number of hydrogen-bond donors (Lipinski definition) is 3. The Bertz CT molecular complexity index is 894. The molecular weight excluding hydrogens is 599 g/mol. The molecule has 2 amide bonds. The predicted octanol–water partition coefficient (Wildman–Crippen LogP) is 4.21. The van der Waals surface area contributed by atoms with Gasteiger partial charge in [0.25, 0.3) is 0 Å². The summed E-state index contributed by atoms with van der Waals surface area (Å²) in [6.45, 7) is 6.97. The first-order valence-corrected chi connectivity index (χ1v) is 15.0. The summed E-state index contributed by atoms with van der Waals surface area (Å²) in [5.41, 5.74) is 0.434. The van der Waals surface area contributed by atoms with Gasteiger partial charge in [0.1, 0.15) is 18.0 Å². The van der Waals surface area contributed by atoms with Crippen LogP contribution in [0.25, 0.3) is 0 Å². The second-order valence-electron chi connectivity index (χ2n) is 9.97. The Morgan fingerprint density at radius 1 is 1.16 bits per heavy atom. The Kier molecular flexibility index (Phi) is 15.2. The van der Waals surface area contributed by atoms with E-state index >= 15 is 0 Å². The molecule has 0 saturated heterocycles. The summed E-state index contributed by atoms with van der Waals surface area (Å²) in [5, 5.41) is 23.4. The highest BCUT2D eigenvalue weighted by Gasteiger charge is 2.40. The third kappa shape index (κ3) is 10.8. The maximum Gasteiger partial charge on any atom is 0.247 e. The Morgan fingerprint density at radius 3 is 2.58 bits per heavy atom. The molecule has 8 nitrogen and oxygen atoms in total. The number of hydrogen-bond acceptors (Lipinski definition) is 6. The molecule has 1 aromatic carbocycles. The standard InChI is InChI=1S/C29H45IN2O6/c1-4-5-6-7-8-14-27(34)32(16-11-18-37-21(2)3)24-19-22(29(36)31-15-17-33)20-26(28(24)35)38-25-13-10-9-12-23(25)30/h9-10,12-13,20-21,24,26,28,33,35H,4-8,11,14-19H2,1-3H3,(H,31,36)/t24-,26+,28+/m1/s1. The minimum atomic E-state index is -1.02. The highest BCUT2D eigenvalue weighted by molar-refractivity contribution is 14.1. The summed E-state index contributed by atoms with van der Waals surface area (Å²) in [6.07, 6.45) is 6.31. The van der Waals surface area contributed by atoms with Gasteiger partial charge in [-0.05, 0) is 67.5 Å². The van der Waals surface area contributed by atoms with Crippen LogP contribution in [0.4, 0.5) is 0 Å². The van der Waals surface area contributed by atoms with Crippen molar-refractivity contribution >= 4 is 34.4 Å². The molecule has 1 aliphatic carbocycles. The van der Waals surface area contributed by atoms with Crippen molar-refractivity contribution in [2.75, 3.05) is 26.3 Å². The van der Waals surface area contributed by atoms with Gasteiger partial charge in [0, 0.05) is 38.1 Å². The third-order valence-electron chi connectivity index (χ3n) is 6.52. The van der Waals surface area contributed by atoms with Gasteiger partial charge in [-0.3, -0.25) is 9.59 Å². The molecule has 3 atom stereocenters. The number of carbonyl (C=O) groups is 2. The molecule has 1 aromatic rings. The Morgan fingerprint density at radius 2 is 1.89 bits per heavy atom. The smallest absolute Gasteiger partial charge is 0.247 e. The quantitative estimate of drug-likeness (QED) is 0.173. The number of benzene rings is 1. The minimum Gasteiger partial charge on any atom is -0.482 e. The van der Waals surface area contributed by atoms with E-state index in [1.807, 2.05) is 38.1 Å². The van der Waals surface area contributed by atoms with Crippen molar-refractivity contribution in [1.29, 1.82) is 0 Å². The van der Waals surface area contributed by atoms with Gasteiger partial charge >= 0.3 is 0 Å². The fraction of sp³-hybridized carbons (Fsp3) is 0.655. The molecule has 9 heteroatoms. The number of halogens is 1. The van der Waals surface area contributed by atoms with Crippen molar-refractivity contribution in [3.63, 3.8) is 0 Å². The summed E-state index contributed by atoms with van der Waals surface area (Å²) in [6, 6.07) is 6.86. The molecule has 0 bridgehead atoms. The zero-order valence-corrected chi connectivity index (χ0v) is 25.2. The van der Waals surface area contributed by atoms with E-state index in [9.17, 15) is 19.8 Å². The number of ether oxygens (including phenoxy) is 2. The average molecular weight is 645 g/mol. The number of carbonyl (C=O) groups excluding carboxylic acids is 2. The van der Waals surface area contributed by atoms with Gasteiger partial charge in [0.05, 0.1) is 22.3 Å². The number of aliphatic hydroxyl groups is 2. The summed E-state index contributed by atoms with van der Waals surface area (Å²) >= 11 is 2.17. The topological polar surface area (TPSA) is 108 Å². The molecule has 214 valence electrons. The first kappa shape index (κ1) is 32.5. The van der Waals surface area contributed by atoms with E-state index in [2.05, 4.69) is 34.8 Å².